The molecule has 0 bridgehead atoms. The van der Waals surface area contributed by atoms with Crippen molar-refractivity contribution in [3.05, 3.63) is 29.3 Å². The van der Waals surface area contributed by atoms with Gasteiger partial charge in [-0.25, -0.2) is 0 Å². The Morgan fingerprint density at radius 3 is 2.17 bits per heavy atom. The van der Waals surface area contributed by atoms with Crippen LogP contribution in [0.1, 0.15) is 43.6 Å². The zero-order valence-corrected chi connectivity index (χ0v) is 12.5. The number of hydrogen-bond acceptors (Lipinski definition) is 3. The summed E-state index contributed by atoms with van der Waals surface area (Å²) in [5.74, 6) is -0.107. The van der Waals surface area contributed by atoms with E-state index in [1.165, 1.54) is 7.11 Å². The second-order valence-electron chi connectivity index (χ2n) is 2.92. The number of benzene rings is 1. The molecule has 0 aliphatic heterocycles. The Hall–Kier alpha value is -1.55. The number of aryl methyl sites for hydroxylation is 1. The van der Waals surface area contributed by atoms with Crippen LogP contribution < -0.4 is 10.8 Å². The first-order valence-electron chi connectivity index (χ1n) is 6.30. The number of nitrogens with one attached hydrogen (secondary N) is 2. The lowest BCUT2D eigenvalue weighted by Gasteiger charge is -2.08. The van der Waals surface area contributed by atoms with Gasteiger partial charge in [0.05, 0.1) is 12.8 Å². The van der Waals surface area contributed by atoms with E-state index in [2.05, 4.69) is 10.8 Å². The van der Waals surface area contributed by atoms with Crippen LogP contribution >= 0.6 is 0 Å². The Bertz CT molecular complexity index is 339. The Morgan fingerprint density at radius 1 is 1.17 bits per heavy atom. The van der Waals surface area contributed by atoms with Crippen LogP contribution in [0.3, 0.4) is 0 Å². The van der Waals surface area contributed by atoms with Crippen molar-refractivity contribution in [2.24, 2.45) is 0 Å². The average Bonchev–Trinajstić information content (AvgIpc) is 2.45. The van der Waals surface area contributed by atoms with Gasteiger partial charge in [0.25, 0.3) is 5.91 Å². The highest BCUT2D eigenvalue weighted by molar-refractivity contribution is 5.95. The third-order valence-electron chi connectivity index (χ3n) is 1.94. The molecule has 0 fully saturated rings. The normalized spacial score (nSPS) is 8.17. The summed E-state index contributed by atoms with van der Waals surface area (Å²) >= 11 is 0. The maximum Gasteiger partial charge on any atom is 0.251 e. The van der Waals surface area contributed by atoms with Gasteiger partial charge in [-0.3, -0.25) is 15.1 Å². The van der Waals surface area contributed by atoms with E-state index in [0.717, 1.165) is 11.3 Å². The summed E-state index contributed by atoms with van der Waals surface area (Å²) in [4.78, 5) is 16.1. The summed E-state index contributed by atoms with van der Waals surface area (Å²) in [6.45, 7) is 9.94. The molecule has 18 heavy (non-hydrogen) atoms. The minimum atomic E-state index is -0.107. The van der Waals surface area contributed by atoms with Gasteiger partial charge in [-0.05, 0) is 24.6 Å². The molecule has 0 aliphatic carbocycles. The highest BCUT2D eigenvalue weighted by atomic mass is 16.6. The summed E-state index contributed by atoms with van der Waals surface area (Å²) < 4.78 is 0. The smallest absolute Gasteiger partial charge is 0.251 e. The summed E-state index contributed by atoms with van der Waals surface area (Å²) in [5.41, 5.74) is 5.15. The molecule has 1 rings (SSSR count). The number of amides is 1. The van der Waals surface area contributed by atoms with Crippen LogP contribution in [-0.4, -0.2) is 20.1 Å². The van der Waals surface area contributed by atoms with Crippen molar-refractivity contribution in [1.82, 2.24) is 5.32 Å². The zero-order chi connectivity index (χ0) is 14.6. The number of carbonyl (C=O) groups excluding carboxylic acids is 1. The van der Waals surface area contributed by atoms with Crippen molar-refractivity contribution < 1.29 is 9.63 Å². The van der Waals surface area contributed by atoms with Crippen LogP contribution in [0.4, 0.5) is 5.69 Å². The van der Waals surface area contributed by atoms with Gasteiger partial charge in [0.2, 0.25) is 0 Å². The number of carbonyl (C=O) groups is 1. The molecule has 4 nitrogen and oxygen atoms in total. The first-order valence-corrected chi connectivity index (χ1v) is 6.30. The standard InChI is InChI=1S/C10H14N2O2.2C2H6/c1-7-4-5-8(10(13)11-2)6-9(7)12-14-3;2*1-2/h4-6,12H,1-3H3,(H,11,13);2*1-2H3. The van der Waals surface area contributed by atoms with Crippen LogP contribution in [0.25, 0.3) is 0 Å². The van der Waals surface area contributed by atoms with E-state index in [9.17, 15) is 4.79 Å². The molecular formula is C14H26N2O2. The van der Waals surface area contributed by atoms with Crippen molar-refractivity contribution in [2.45, 2.75) is 34.6 Å². The Labute approximate surface area is 111 Å². The van der Waals surface area contributed by atoms with E-state index in [1.807, 2.05) is 40.7 Å². The predicted octanol–water partition coefficient (Wildman–Crippen LogP) is 3.38. The molecule has 2 N–H and O–H groups in total. The fraction of sp³-hybridized carbons (Fsp3) is 0.500. The van der Waals surface area contributed by atoms with Crippen LogP contribution in [0, 0.1) is 6.92 Å². The fourth-order valence-electron chi connectivity index (χ4n) is 1.13. The Balaban J connectivity index is 0. The Kier molecular flexibility index (Phi) is 12.5. The van der Waals surface area contributed by atoms with Crippen molar-refractivity contribution in [2.75, 3.05) is 19.6 Å². The number of rotatable bonds is 3. The molecule has 104 valence electrons. The molecule has 1 aromatic carbocycles. The quantitative estimate of drug-likeness (QED) is 0.813. The van der Waals surface area contributed by atoms with Gasteiger partial charge in [0.15, 0.2) is 0 Å². The molecule has 0 heterocycles. The molecule has 0 saturated heterocycles. The van der Waals surface area contributed by atoms with Crippen molar-refractivity contribution >= 4 is 11.6 Å². The van der Waals surface area contributed by atoms with E-state index >= 15 is 0 Å². The zero-order valence-electron chi connectivity index (χ0n) is 12.5. The third-order valence-corrected chi connectivity index (χ3v) is 1.94. The second kappa shape index (κ2) is 11.9. The lowest BCUT2D eigenvalue weighted by Crippen LogP contribution is -2.18. The van der Waals surface area contributed by atoms with Crippen LogP contribution in [0.5, 0.6) is 0 Å². The SMILES string of the molecule is CC.CC.CNC(=O)c1ccc(C)c(NOC)c1. The predicted molar refractivity (Wildman–Crippen MR) is 77.9 cm³/mol. The van der Waals surface area contributed by atoms with Crippen molar-refractivity contribution in [1.29, 1.82) is 0 Å². The van der Waals surface area contributed by atoms with E-state index in [0.29, 0.717) is 5.56 Å². The van der Waals surface area contributed by atoms with E-state index in [1.54, 1.807) is 19.2 Å². The van der Waals surface area contributed by atoms with E-state index in [4.69, 9.17) is 4.84 Å². The minimum Gasteiger partial charge on any atom is -0.355 e. The van der Waals surface area contributed by atoms with E-state index in [-0.39, 0.29) is 5.91 Å². The van der Waals surface area contributed by atoms with Gasteiger partial charge in [-0.1, -0.05) is 33.8 Å². The van der Waals surface area contributed by atoms with Gasteiger partial charge in [-0.15, -0.1) is 0 Å². The molecule has 4 heteroatoms. The van der Waals surface area contributed by atoms with Crippen molar-refractivity contribution in [3.63, 3.8) is 0 Å². The topological polar surface area (TPSA) is 50.4 Å². The largest absolute Gasteiger partial charge is 0.355 e. The average molecular weight is 254 g/mol. The van der Waals surface area contributed by atoms with Crippen LogP contribution in [-0.2, 0) is 4.84 Å². The van der Waals surface area contributed by atoms with Gasteiger partial charge < -0.3 is 5.32 Å². The van der Waals surface area contributed by atoms with Gasteiger partial charge in [-0.2, -0.15) is 0 Å². The highest BCUT2D eigenvalue weighted by Crippen LogP contribution is 2.16. The van der Waals surface area contributed by atoms with Gasteiger partial charge >= 0.3 is 0 Å². The highest BCUT2D eigenvalue weighted by Gasteiger charge is 2.05. The third kappa shape index (κ3) is 6.25. The molecule has 1 aromatic rings. The van der Waals surface area contributed by atoms with E-state index < -0.39 is 0 Å². The lowest BCUT2D eigenvalue weighted by atomic mass is 10.1. The summed E-state index contributed by atoms with van der Waals surface area (Å²) in [6.07, 6.45) is 0. The molecule has 0 unspecified atom stereocenters. The molecule has 0 atom stereocenters. The summed E-state index contributed by atoms with van der Waals surface area (Å²) in [7, 11) is 3.14. The first kappa shape index (κ1) is 18.8. The second-order valence-corrected chi connectivity index (χ2v) is 2.92. The molecule has 0 aromatic heterocycles. The summed E-state index contributed by atoms with van der Waals surface area (Å²) in [5, 5.41) is 2.56. The molecule has 0 spiro atoms. The summed E-state index contributed by atoms with van der Waals surface area (Å²) in [6, 6.07) is 5.39. The molecule has 0 radical (unpaired) electrons. The molecule has 0 saturated carbocycles. The molecule has 0 aliphatic rings. The van der Waals surface area contributed by atoms with Gasteiger partial charge in [0, 0.05) is 12.6 Å². The lowest BCUT2D eigenvalue weighted by molar-refractivity contribution is 0.0963. The number of hydrogen-bond donors (Lipinski definition) is 2. The maximum absolute atomic E-state index is 11.3. The van der Waals surface area contributed by atoms with Gasteiger partial charge in [0.1, 0.15) is 0 Å². The first-order chi connectivity index (χ1) is 8.69. The number of anilines is 1. The molecule has 1 amide bonds. The maximum atomic E-state index is 11.3. The Morgan fingerprint density at radius 2 is 1.72 bits per heavy atom. The minimum absolute atomic E-state index is 0.107. The fourth-order valence-corrected chi connectivity index (χ4v) is 1.13. The van der Waals surface area contributed by atoms with Crippen LogP contribution in [0.15, 0.2) is 18.2 Å². The van der Waals surface area contributed by atoms with Crippen LogP contribution in [0.2, 0.25) is 0 Å². The molecular weight excluding hydrogens is 228 g/mol. The van der Waals surface area contributed by atoms with Crippen molar-refractivity contribution in [3.8, 4) is 0 Å². The monoisotopic (exact) mass is 254 g/mol.